The Balaban J connectivity index is 1.46. The van der Waals surface area contributed by atoms with Crippen molar-refractivity contribution < 1.29 is 38.8 Å². The summed E-state index contributed by atoms with van der Waals surface area (Å²) in [5.41, 5.74) is 0.555. The molecule has 248 valence electrons. The summed E-state index contributed by atoms with van der Waals surface area (Å²) in [6.45, 7) is 14.2. The molecule has 0 amide bonds. The first-order chi connectivity index (χ1) is 20.9. The van der Waals surface area contributed by atoms with Gasteiger partial charge in [0.2, 0.25) is 0 Å². The number of fused-ring (bicyclic) bond motifs is 3. The van der Waals surface area contributed by atoms with Gasteiger partial charge in [-0.1, -0.05) is 53.5 Å². The van der Waals surface area contributed by atoms with Gasteiger partial charge >= 0.3 is 12.1 Å². The summed E-state index contributed by atoms with van der Waals surface area (Å²) in [7, 11) is 0. The average molecular weight is 618 g/mol. The molecule has 4 aliphatic carbocycles. The van der Waals surface area contributed by atoms with Gasteiger partial charge in [-0.25, -0.2) is 4.79 Å². The molecule has 1 aliphatic heterocycles. The lowest BCUT2D eigenvalue weighted by Gasteiger charge is -2.62. The van der Waals surface area contributed by atoms with E-state index >= 15 is 0 Å². The van der Waals surface area contributed by atoms with Crippen molar-refractivity contribution in [3.05, 3.63) is 11.6 Å². The van der Waals surface area contributed by atoms with Gasteiger partial charge in [0.25, 0.3) is 0 Å². The van der Waals surface area contributed by atoms with E-state index in [0.717, 1.165) is 44.1 Å². The van der Waals surface area contributed by atoms with E-state index in [2.05, 4.69) is 46.9 Å². The van der Waals surface area contributed by atoms with E-state index in [1.807, 2.05) is 0 Å². The van der Waals surface area contributed by atoms with E-state index in [4.69, 9.17) is 14.2 Å². The largest absolute Gasteiger partial charge is 0.506 e. The maximum absolute atomic E-state index is 14.0. The van der Waals surface area contributed by atoms with Crippen LogP contribution in [0.1, 0.15) is 86.5 Å². The van der Waals surface area contributed by atoms with Crippen molar-refractivity contribution in [1.82, 2.24) is 5.32 Å². The summed E-state index contributed by atoms with van der Waals surface area (Å²) in [5, 5.41) is 23.8. The van der Waals surface area contributed by atoms with Crippen molar-refractivity contribution in [2.75, 3.05) is 19.8 Å². The second-order valence-corrected chi connectivity index (χ2v) is 15.4. The molecule has 3 saturated carbocycles. The number of rotatable bonds is 11. The number of carboxylic acid groups (broad SMARTS) is 2. The minimum atomic E-state index is -1.31. The maximum atomic E-state index is 14.0. The van der Waals surface area contributed by atoms with Gasteiger partial charge in [-0.05, 0) is 80.1 Å². The van der Waals surface area contributed by atoms with Crippen LogP contribution >= 0.6 is 0 Å². The first-order valence-electron chi connectivity index (χ1n) is 17.2. The van der Waals surface area contributed by atoms with Crippen LogP contribution in [0.3, 0.4) is 0 Å². The SMILES string of the molecule is CCC(C)C(CO[C@@H]1C2COC[C@@]3(C[C@H]1OC(=O)O)C1=CC(=O)C4C(CCC(CC(C)C)[C@H]4C(=O)O)C1CCC23)NC(C)C. The van der Waals surface area contributed by atoms with E-state index in [9.17, 15) is 24.6 Å². The predicted molar refractivity (Wildman–Crippen MR) is 165 cm³/mol. The smallest absolute Gasteiger partial charge is 0.481 e. The van der Waals surface area contributed by atoms with E-state index in [0.29, 0.717) is 38.1 Å². The zero-order valence-corrected chi connectivity index (χ0v) is 27.5. The highest BCUT2D eigenvalue weighted by molar-refractivity contribution is 5.97. The van der Waals surface area contributed by atoms with Crippen LogP contribution in [0.5, 0.6) is 0 Å². The van der Waals surface area contributed by atoms with Crippen LogP contribution in [-0.4, -0.2) is 72.2 Å². The normalized spacial score (nSPS) is 39.5. The topological polar surface area (TPSA) is 131 Å². The number of allylic oxidation sites excluding steroid dienone is 1. The van der Waals surface area contributed by atoms with Crippen LogP contribution < -0.4 is 5.32 Å². The van der Waals surface area contributed by atoms with Crippen molar-refractivity contribution in [1.29, 1.82) is 0 Å². The number of ether oxygens (including phenoxy) is 3. The Morgan fingerprint density at radius 3 is 2.48 bits per heavy atom. The molecule has 9 heteroatoms. The van der Waals surface area contributed by atoms with Crippen LogP contribution in [0.15, 0.2) is 11.6 Å². The third-order valence-electron chi connectivity index (χ3n) is 12.0. The van der Waals surface area contributed by atoms with Gasteiger partial charge in [0, 0.05) is 29.3 Å². The van der Waals surface area contributed by atoms with Crippen LogP contribution in [0.4, 0.5) is 4.79 Å². The molecular formula is C35H55NO8. The summed E-state index contributed by atoms with van der Waals surface area (Å²) in [4.78, 5) is 38.7. The Labute approximate surface area is 262 Å². The van der Waals surface area contributed by atoms with Crippen molar-refractivity contribution in [2.45, 2.75) is 111 Å². The van der Waals surface area contributed by atoms with Gasteiger partial charge in [-0.2, -0.15) is 0 Å². The number of aliphatic carboxylic acids is 1. The Morgan fingerprint density at radius 1 is 1.09 bits per heavy atom. The first-order valence-corrected chi connectivity index (χ1v) is 17.2. The summed E-state index contributed by atoms with van der Waals surface area (Å²) in [6, 6.07) is 0.415. The van der Waals surface area contributed by atoms with Crippen LogP contribution in [0.25, 0.3) is 0 Å². The lowest BCUT2D eigenvalue weighted by molar-refractivity contribution is -0.219. The summed E-state index contributed by atoms with van der Waals surface area (Å²) in [5.74, 6) is -1.07. The van der Waals surface area contributed by atoms with Gasteiger partial charge < -0.3 is 29.7 Å². The maximum Gasteiger partial charge on any atom is 0.506 e. The lowest BCUT2D eigenvalue weighted by Crippen LogP contribution is -2.64. The zero-order chi connectivity index (χ0) is 31.9. The van der Waals surface area contributed by atoms with Gasteiger partial charge in [0.1, 0.15) is 6.10 Å². The minimum absolute atomic E-state index is 0.00562. The number of hydrogen-bond acceptors (Lipinski definition) is 7. The van der Waals surface area contributed by atoms with Gasteiger partial charge in [-0.15, -0.1) is 0 Å². The third kappa shape index (κ3) is 6.22. The van der Waals surface area contributed by atoms with Crippen molar-refractivity contribution in [3.63, 3.8) is 0 Å². The molecule has 12 atom stereocenters. The van der Waals surface area contributed by atoms with E-state index in [1.54, 1.807) is 6.08 Å². The minimum Gasteiger partial charge on any atom is -0.481 e. The highest BCUT2D eigenvalue weighted by atomic mass is 16.7. The quantitative estimate of drug-likeness (QED) is 0.246. The fourth-order valence-corrected chi connectivity index (χ4v) is 10.2. The zero-order valence-electron chi connectivity index (χ0n) is 27.5. The molecule has 5 rings (SSSR count). The number of carbonyl (C=O) groups excluding carboxylic acids is 1. The predicted octanol–water partition coefficient (Wildman–Crippen LogP) is 5.81. The molecule has 3 N–H and O–H groups in total. The van der Waals surface area contributed by atoms with E-state index in [-0.39, 0.29) is 47.5 Å². The highest BCUT2D eigenvalue weighted by Gasteiger charge is 2.64. The summed E-state index contributed by atoms with van der Waals surface area (Å²) >= 11 is 0. The van der Waals surface area contributed by atoms with E-state index in [1.165, 1.54) is 0 Å². The van der Waals surface area contributed by atoms with Crippen LogP contribution in [-0.2, 0) is 23.8 Å². The van der Waals surface area contributed by atoms with Crippen LogP contribution in [0, 0.1) is 58.7 Å². The molecule has 1 saturated heterocycles. The fraction of sp³-hybridized carbons (Fsp3) is 0.857. The number of carbonyl (C=O) groups is 3. The lowest BCUT2D eigenvalue weighted by atomic mass is 9.45. The molecule has 0 spiro atoms. The summed E-state index contributed by atoms with van der Waals surface area (Å²) in [6.07, 6.45) is 5.11. The molecule has 0 radical (unpaired) electrons. The molecule has 5 aliphatic rings. The Bertz CT molecular complexity index is 1100. The molecule has 4 fully saturated rings. The molecule has 1 heterocycles. The highest BCUT2D eigenvalue weighted by Crippen LogP contribution is 2.64. The van der Waals surface area contributed by atoms with Crippen molar-refractivity contribution >= 4 is 17.9 Å². The van der Waals surface area contributed by atoms with Crippen LogP contribution in [0.2, 0.25) is 0 Å². The molecule has 0 aromatic heterocycles. The molecular weight excluding hydrogens is 562 g/mol. The molecule has 0 aromatic rings. The number of ketones is 1. The second kappa shape index (κ2) is 13.4. The third-order valence-corrected chi connectivity index (χ3v) is 12.0. The van der Waals surface area contributed by atoms with Gasteiger partial charge in [0.15, 0.2) is 5.78 Å². The molecule has 0 aromatic carbocycles. The van der Waals surface area contributed by atoms with Gasteiger partial charge in [-0.3, -0.25) is 9.59 Å². The fourth-order valence-electron chi connectivity index (χ4n) is 10.2. The van der Waals surface area contributed by atoms with Crippen molar-refractivity contribution in [3.8, 4) is 0 Å². The summed E-state index contributed by atoms with van der Waals surface area (Å²) < 4.78 is 18.6. The number of carboxylic acids is 1. The van der Waals surface area contributed by atoms with Crippen molar-refractivity contribution in [2.24, 2.45) is 58.7 Å². The average Bonchev–Trinajstić information content (AvgIpc) is 2.94. The molecule has 2 bridgehead atoms. The Kier molecular flexibility index (Phi) is 10.2. The Morgan fingerprint density at radius 2 is 1.84 bits per heavy atom. The first kappa shape index (κ1) is 33.4. The Hall–Kier alpha value is -1.97. The number of hydrogen-bond donors (Lipinski definition) is 3. The molecule has 9 nitrogen and oxygen atoms in total. The standard InChI is InChI=1S/C35H55NO8/c1-7-20(6)27(36-19(4)5)16-43-32-24-15-42-17-35(14-29(32)44-34(40)41)25(24)11-10-22-23-9-8-21(12-18(2)3)30(33(38)39)31(23)28(37)13-26(22)35/h13,18-25,27,29-32,36H,7-12,14-17H2,1-6H3,(H,38,39)(H,40,41)/t20?,21?,22?,23?,24?,25?,27?,29-,30-,31?,32-,35-/m1/s1. The number of nitrogens with one attached hydrogen (secondary N) is 1. The molecule has 8 unspecified atom stereocenters. The van der Waals surface area contributed by atoms with Gasteiger partial charge in [0.05, 0.1) is 31.8 Å². The monoisotopic (exact) mass is 617 g/mol. The molecule has 44 heavy (non-hydrogen) atoms. The second-order valence-electron chi connectivity index (χ2n) is 15.4. The van der Waals surface area contributed by atoms with E-state index < -0.39 is 41.6 Å².